The van der Waals surface area contributed by atoms with Gasteiger partial charge in [0.1, 0.15) is 5.82 Å². The van der Waals surface area contributed by atoms with Gasteiger partial charge < -0.3 is 20.1 Å². The van der Waals surface area contributed by atoms with Crippen LogP contribution in [0.5, 0.6) is 11.5 Å². The molecule has 2 aromatic carbocycles. The molecule has 6 nitrogen and oxygen atoms in total. The molecule has 0 bridgehead atoms. The fraction of sp³-hybridized carbons (Fsp3) is 0.391. The molecule has 0 amide bonds. The van der Waals surface area contributed by atoms with Crippen LogP contribution in [0.1, 0.15) is 31.2 Å². The molecule has 0 atom stereocenters. The second kappa shape index (κ2) is 8.99. The highest BCUT2D eigenvalue weighted by molar-refractivity contribution is 5.90. The van der Waals surface area contributed by atoms with Crippen molar-refractivity contribution in [2.75, 3.05) is 31.4 Å². The molecule has 29 heavy (non-hydrogen) atoms. The number of nitrogens with one attached hydrogen (secondary N) is 2. The van der Waals surface area contributed by atoms with E-state index in [1.807, 2.05) is 30.3 Å². The zero-order valence-corrected chi connectivity index (χ0v) is 17.1. The summed E-state index contributed by atoms with van der Waals surface area (Å²) in [4.78, 5) is 9.47. The molecule has 3 aromatic rings. The lowest BCUT2D eigenvalue weighted by atomic mass is 10.1. The molecule has 0 saturated heterocycles. The highest BCUT2D eigenvalue weighted by Gasteiger charge is 2.17. The maximum absolute atomic E-state index is 5.39. The topological polar surface area (TPSA) is 68.3 Å². The predicted octanol–water partition coefficient (Wildman–Crippen LogP) is 4.66. The van der Waals surface area contributed by atoms with E-state index in [-0.39, 0.29) is 0 Å². The van der Waals surface area contributed by atoms with Crippen LogP contribution in [0.4, 0.5) is 11.8 Å². The van der Waals surface area contributed by atoms with E-state index in [9.17, 15) is 0 Å². The van der Waals surface area contributed by atoms with Gasteiger partial charge in [0.25, 0.3) is 0 Å². The largest absolute Gasteiger partial charge is 0.493 e. The monoisotopic (exact) mass is 392 g/mol. The van der Waals surface area contributed by atoms with Crippen LogP contribution >= 0.6 is 0 Å². The summed E-state index contributed by atoms with van der Waals surface area (Å²) in [6, 6.07) is 14.7. The summed E-state index contributed by atoms with van der Waals surface area (Å²) in [5.74, 6) is 3.07. The van der Waals surface area contributed by atoms with Crippen LogP contribution in [0.3, 0.4) is 0 Å². The molecule has 0 radical (unpaired) electrons. The summed E-state index contributed by atoms with van der Waals surface area (Å²) in [6.07, 6.45) is 5.83. The first kappa shape index (κ1) is 19.3. The van der Waals surface area contributed by atoms with Crippen molar-refractivity contribution < 1.29 is 9.47 Å². The Kier molecular flexibility index (Phi) is 5.98. The quantitative estimate of drug-likeness (QED) is 0.581. The van der Waals surface area contributed by atoms with Crippen molar-refractivity contribution in [3.05, 3.63) is 48.0 Å². The van der Waals surface area contributed by atoms with Crippen LogP contribution in [0.25, 0.3) is 10.9 Å². The summed E-state index contributed by atoms with van der Waals surface area (Å²) >= 11 is 0. The van der Waals surface area contributed by atoms with Gasteiger partial charge in [0.2, 0.25) is 5.95 Å². The number of ether oxygens (including phenoxy) is 2. The second-order valence-electron chi connectivity index (χ2n) is 7.40. The predicted molar refractivity (Wildman–Crippen MR) is 117 cm³/mol. The Labute approximate surface area is 171 Å². The van der Waals surface area contributed by atoms with Crippen LogP contribution in [-0.2, 0) is 6.42 Å². The minimum Gasteiger partial charge on any atom is -0.493 e. The average Bonchev–Trinajstić information content (AvgIpc) is 3.27. The van der Waals surface area contributed by atoms with Crippen molar-refractivity contribution in [1.29, 1.82) is 0 Å². The fourth-order valence-corrected chi connectivity index (χ4v) is 3.88. The summed E-state index contributed by atoms with van der Waals surface area (Å²) in [7, 11) is 3.30. The lowest BCUT2D eigenvalue weighted by molar-refractivity contribution is 0.354. The minimum atomic E-state index is 0.507. The van der Waals surface area contributed by atoms with Gasteiger partial charge >= 0.3 is 0 Å². The number of benzene rings is 2. The van der Waals surface area contributed by atoms with Crippen molar-refractivity contribution >= 4 is 22.7 Å². The van der Waals surface area contributed by atoms with Crippen molar-refractivity contribution in [3.8, 4) is 11.5 Å². The van der Waals surface area contributed by atoms with Gasteiger partial charge in [0.05, 0.1) is 19.7 Å². The Morgan fingerprint density at radius 1 is 0.966 bits per heavy atom. The molecule has 0 spiro atoms. The standard InChI is InChI=1S/C23H28N4O2/c1-28-20-12-11-16(15-21(20)29-2)13-14-24-23-26-19-10-6-5-9-18(19)22(27-23)25-17-7-3-4-8-17/h5-6,9-12,15,17H,3-4,7-8,13-14H2,1-2H3,(H2,24,25,26,27). The zero-order chi connectivity index (χ0) is 20.1. The molecule has 1 aromatic heterocycles. The maximum atomic E-state index is 5.39. The first-order chi connectivity index (χ1) is 14.3. The number of hydrogen-bond acceptors (Lipinski definition) is 6. The van der Waals surface area contributed by atoms with Gasteiger partial charge in [0, 0.05) is 18.0 Å². The molecule has 1 aliphatic carbocycles. The van der Waals surface area contributed by atoms with Crippen LogP contribution in [0.2, 0.25) is 0 Å². The molecule has 1 heterocycles. The summed E-state index contributed by atoms with van der Waals surface area (Å²) < 4.78 is 10.7. The lowest BCUT2D eigenvalue weighted by Crippen LogP contribution is -2.17. The third kappa shape index (κ3) is 4.53. The Balaban J connectivity index is 1.47. The van der Waals surface area contributed by atoms with Crippen molar-refractivity contribution in [1.82, 2.24) is 9.97 Å². The number of rotatable bonds is 8. The van der Waals surface area contributed by atoms with Gasteiger partial charge in [-0.3, -0.25) is 0 Å². The van der Waals surface area contributed by atoms with E-state index in [4.69, 9.17) is 19.4 Å². The first-order valence-electron chi connectivity index (χ1n) is 10.2. The zero-order valence-electron chi connectivity index (χ0n) is 17.1. The molecule has 152 valence electrons. The minimum absolute atomic E-state index is 0.507. The van der Waals surface area contributed by atoms with E-state index in [0.29, 0.717) is 12.0 Å². The van der Waals surface area contributed by atoms with Gasteiger partial charge in [-0.1, -0.05) is 31.0 Å². The van der Waals surface area contributed by atoms with Crippen molar-refractivity contribution in [2.24, 2.45) is 0 Å². The third-order valence-electron chi connectivity index (χ3n) is 5.44. The summed E-state index contributed by atoms with van der Waals surface area (Å²) in [5.41, 5.74) is 2.12. The molecule has 0 aliphatic heterocycles. The Morgan fingerprint density at radius 2 is 1.76 bits per heavy atom. The number of nitrogens with zero attached hydrogens (tertiary/aromatic N) is 2. The molecule has 0 unspecified atom stereocenters. The van der Waals surface area contributed by atoms with Gasteiger partial charge in [0.15, 0.2) is 11.5 Å². The number of methoxy groups -OCH3 is 2. The Hall–Kier alpha value is -3.02. The Bertz CT molecular complexity index is 970. The average molecular weight is 393 g/mol. The van der Waals surface area contributed by atoms with Crippen LogP contribution < -0.4 is 20.1 Å². The first-order valence-corrected chi connectivity index (χ1v) is 10.2. The second-order valence-corrected chi connectivity index (χ2v) is 7.40. The summed E-state index contributed by atoms with van der Waals surface area (Å²) in [5, 5.41) is 8.09. The maximum Gasteiger partial charge on any atom is 0.225 e. The van der Waals surface area contributed by atoms with E-state index in [1.165, 1.54) is 31.2 Å². The number of fused-ring (bicyclic) bond motifs is 1. The molecule has 6 heteroatoms. The number of anilines is 2. The molecular formula is C23H28N4O2. The van der Waals surface area contributed by atoms with Crippen LogP contribution in [0, 0.1) is 0 Å². The highest BCUT2D eigenvalue weighted by Crippen LogP contribution is 2.28. The van der Waals surface area contributed by atoms with Crippen LogP contribution in [0.15, 0.2) is 42.5 Å². The number of aromatic nitrogens is 2. The van der Waals surface area contributed by atoms with Gasteiger partial charge in [-0.15, -0.1) is 0 Å². The van der Waals surface area contributed by atoms with Gasteiger partial charge in [-0.05, 0) is 49.1 Å². The van der Waals surface area contributed by atoms with E-state index in [1.54, 1.807) is 14.2 Å². The van der Waals surface area contributed by atoms with E-state index >= 15 is 0 Å². The molecule has 2 N–H and O–H groups in total. The van der Waals surface area contributed by atoms with Crippen molar-refractivity contribution in [3.63, 3.8) is 0 Å². The van der Waals surface area contributed by atoms with E-state index < -0.39 is 0 Å². The van der Waals surface area contributed by atoms with Crippen molar-refractivity contribution in [2.45, 2.75) is 38.1 Å². The SMILES string of the molecule is COc1ccc(CCNc2nc(NC3CCCC3)c3ccccc3n2)cc1OC. The van der Waals surface area contributed by atoms with Gasteiger partial charge in [-0.25, -0.2) is 4.98 Å². The van der Waals surface area contributed by atoms with Gasteiger partial charge in [-0.2, -0.15) is 4.98 Å². The molecule has 4 rings (SSSR count). The van der Waals surface area contributed by atoms with Crippen LogP contribution in [-0.4, -0.2) is 36.8 Å². The molecule has 1 aliphatic rings. The highest BCUT2D eigenvalue weighted by atomic mass is 16.5. The smallest absolute Gasteiger partial charge is 0.225 e. The summed E-state index contributed by atoms with van der Waals surface area (Å²) in [6.45, 7) is 0.733. The van der Waals surface area contributed by atoms with E-state index in [0.717, 1.165) is 41.2 Å². The molecule has 1 fully saturated rings. The molecule has 1 saturated carbocycles. The normalized spacial score (nSPS) is 14.1. The molecular weight excluding hydrogens is 364 g/mol. The Morgan fingerprint density at radius 3 is 2.55 bits per heavy atom. The number of hydrogen-bond donors (Lipinski definition) is 2. The number of para-hydroxylation sites is 1. The lowest BCUT2D eigenvalue weighted by Gasteiger charge is -2.16. The fourth-order valence-electron chi connectivity index (χ4n) is 3.88. The van der Waals surface area contributed by atoms with E-state index in [2.05, 4.69) is 22.8 Å². The third-order valence-corrected chi connectivity index (χ3v) is 5.44.